The molecule has 0 radical (unpaired) electrons. The van der Waals surface area contributed by atoms with Crippen LogP contribution in [0, 0.1) is 11.6 Å². The second-order valence-corrected chi connectivity index (χ2v) is 5.60. The van der Waals surface area contributed by atoms with Gasteiger partial charge < -0.3 is 4.74 Å². The van der Waals surface area contributed by atoms with Crippen LogP contribution in [-0.2, 0) is 6.42 Å². The molecule has 0 saturated carbocycles. The Morgan fingerprint density at radius 3 is 2.25 bits per heavy atom. The molecule has 0 aliphatic heterocycles. The van der Waals surface area contributed by atoms with Crippen molar-refractivity contribution in [3.63, 3.8) is 0 Å². The third kappa shape index (κ3) is 4.73. The maximum Gasteiger partial charge on any atom is 0.272 e. The van der Waals surface area contributed by atoms with E-state index in [1.165, 1.54) is 12.1 Å². The number of hydrogen-bond acceptors (Lipinski definition) is 1. The lowest BCUT2D eigenvalue weighted by molar-refractivity contribution is 0.0795. The van der Waals surface area contributed by atoms with Crippen molar-refractivity contribution in [2.24, 2.45) is 0 Å². The van der Waals surface area contributed by atoms with Crippen molar-refractivity contribution in [2.45, 2.75) is 39.0 Å². The van der Waals surface area contributed by atoms with E-state index < -0.39 is 30.4 Å². The van der Waals surface area contributed by atoms with Gasteiger partial charge in [0.25, 0.3) is 6.43 Å². The molecule has 0 heterocycles. The normalized spacial score (nSPS) is 11.1. The summed E-state index contributed by atoms with van der Waals surface area (Å²) in [6.45, 7) is 1.16. The largest absolute Gasteiger partial charge is 0.484 e. The summed E-state index contributed by atoms with van der Waals surface area (Å²) < 4.78 is 56.9. The third-order valence-corrected chi connectivity index (χ3v) is 3.75. The summed E-state index contributed by atoms with van der Waals surface area (Å²) in [5.41, 5.74) is 1.76. The molecule has 0 aliphatic carbocycles. The van der Waals surface area contributed by atoms with Crippen LogP contribution in [-0.4, -0.2) is 13.0 Å². The first-order valence-electron chi connectivity index (χ1n) is 8.01. The third-order valence-electron chi connectivity index (χ3n) is 3.75. The van der Waals surface area contributed by atoms with Crippen LogP contribution in [0.25, 0.3) is 11.1 Å². The molecule has 130 valence electrons. The Hall–Kier alpha value is -2.04. The van der Waals surface area contributed by atoms with Gasteiger partial charge in [-0.3, -0.25) is 0 Å². The maximum atomic E-state index is 14.2. The first-order chi connectivity index (χ1) is 11.5. The average molecular weight is 340 g/mol. The Morgan fingerprint density at radius 1 is 0.917 bits per heavy atom. The van der Waals surface area contributed by atoms with E-state index in [2.05, 4.69) is 11.7 Å². The maximum absolute atomic E-state index is 14.2. The number of unbranched alkanes of at least 4 members (excludes halogenated alkanes) is 2. The van der Waals surface area contributed by atoms with E-state index in [-0.39, 0.29) is 5.56 Å². The highest BCUT2D eigenvalue weighted by Gasteiger charge is 2.17. The number of alkyl halides is 2. The van der Waals surface area contributed by atoms with Crippen molar-refractivity contribution in [3.8, 4) is 16.9 Å². The van der Waals surface area contributed by atoms with Crippen LogP contribution in [0.15, 0.2) is 36.4 Å². The van der Waals surface area contributed by atoms with Crippen LogP contribution < -0.4 is 4.74 Å². The van der Waals surface area contributed by atoms with Crippen LogP contribution >= 0.6 is 0 Å². The topological polar surface area (TPSA) is 9.23 Å². The minimum absolute atomic E-state index is 0.0806. The van der Waals surface area contributed by atoms with Crippen LogP contribution in [0.3, 0.4) is 0 Å². The molecule has 0 aliphatic rings. The standard InChI is InChI=1S/C19H20F4O/c1-2-3-4-5-13-6-8-14(9-7-13)15-10-11-16(19(23)18(15)22)24-12-17(20)21/h6-11,17H,2-5,12H2,1H3. The first-order valence-corrected chi connectivity index (χ1v) is 8.01. The molecule has 0 spiro atoms. The van der Waals surface area contributed by atoms with Gasteiger partial charge in [0.2, 0.25) is 5.82 Å². The molecule has 2 aromatic carbocycles. The van der Waals surface area contributed by atoms with Gasteiger partial charge in [-0.2, -0.15) is 4.39 Å². The summed E-state index contributed by atoms with van der Waals surface area (Å²) in [6, 6.07) is 9.77. The predicted octanol–water partition coefficient (Wildman–Crippen LogP) is 6.01. The van der Waals surface area contributed by atoms with E-state index in [1.807, 2.05) is 12.1 Å². The molecule has 0 fully saturated rings. The predicted molar refractivity (Wildman–Crippen MR) is 86.5 cm³/mol. The highest BCUT2D eigenvalue weighted by Crippen LogP contribution is 2.30. The van der Waals surface area contributed by atoms with Crippen LogP contribution in [0.5, 0.6) is 5.75 Å². The summed E-state index contributed by atoms with van der Waals surface area (Å²) in [4.78, 5) is 0. The molecule has 0 saturated heterocycles. The van der Waals surface area contributed by atoms with Gasteiger partial charge in [0.1, 0.15) is 6.61 Å². The molecule has 2 rings (SSSR count). The average Bonchev–Trinajstić information content (AvgIpc) is 2.57. The quantitative estimate of drug-likeness (QED) is 0.422. The highest BCUT2D eigenvalue weighted by atomic mass is 19.3. The van der Waals surface area contributed by atoms with Gasteiger partial charge in [0.15, 0.2) is 11.6 Å². The second-order valence-electron chi connectivity index (χ2n) is 5.60. The van der Waals surface area contributed by atoms with Crippen LogP contribution in [0.4, 0.5) is 17.6 Å². The Kier molecular flexibility index (Phi) is 6.64. The van der Waals surface area contributed by atoms with E-state index in [0.29, 0.717) is 5.56 Å². The number of halogens is 4. The number of aryl methyl sites for hydroxylation is 1. The molecule has 0 amide bonds. The molecule has 0 aromatic heterocycles. The number of hydrogen-bond donors (Lipinski definition) is 0. The minimum atomic E-state index is -2.74. The second kappa shape index (κ2) is 8.71. The van der Waals surface area contributed by atoms with E-state index in [9.17, 15) is 17.6 Å². The molecule has 1 nitrogen and oxygen atoms in total. The van der Waals surface area contributed by atoms with Crippen LogP contribution in [0.1, 0.15) is 31.7 Å². The van der Waals surface area contributed by atoms with Crippen molar-refractivity contribution in [3.05, 3.63) is 53.6 Å². The van der Waals surface area contributed by atoms with E-state index >= 15 is 0 Å². The van der Waals surface area contributed by atoms with Gasteiger partial charge in [0, 0.05) is 5.56 Å². The fourth-order valence-corrected chi connectivity index (χ4v) is 2.45. The summed E-state index contributed by atoms with van der Waals surface area (Å²) >= 11 is 0. The van der Waals surface area contributed by atoms with Gasteiger partial charge in [-0.25, -0.2) is 13.2 Å². The lowest BCUT2D eigenvalue weighted by Crippen LogP contribution is -2.08. The Morgan fingerprint density at radius 2 is 1.62 bits per heavy atom. The van der Waals surface area contributed by atoms with Crippen molar-refractivity contribution < 1.29 is 22.3 Å². The molecule has 0 unspecified atom stereocenters. The van der Waals surface area contributed by atoms with E-state index in [0.717, 1.165) is 31.2 Å². The van der Waals surface area contributed by atoms with Gasteiger partial charge in [-0.05, 0) is 36.1 Å². The van der Waals surface area contributed by atoms with Crippen molar-refractivity contribution in [2.75, 3.05) is 6.61 Å². The summed E-state index contributed by atoms with van der Waals surface area (Å²) in [6.07, 6.45) is 1.59. The number of benzene rings is 2. The first kappa shape index (κ1) is 18.3. The molecule has 2 aromatic rings. The number of rotatable bonds is 8. The van der Waals surface area contributed by atoms with E-state index in [1.54, 1.807) is 12.1 Å². The molecule has 0 bridgehead atoms. The van der Waals surface area contributed by atoms with Crippen LogP contribution in [0.2, 0.25) is 0 Å². The lowest BCUT2D eigenvalue weighted by atomic mass is 10.0. The van der Waals surface area contributed by atoms with Gasteiger partial charge in [0.05, 0.1) is 0 Å². The van der Waals surface area contributed by atoms with Crippen molar-refractivity contribution in [1.29, 1.82) is 0 Å². The SMILES string of the molecule is CCCCCc1ccc(-c2ccc(OCC(F)F)c(F)c2F)cc1. The Labute approximate surface area is 139 Å². The summed E-state index contributed by atoms with van der Waals surface area (Å²) in [5, 5.41) is 0. The Bertz CT molecular complexity index is 653. The van der Waals surface area contributed by atoms with Crippen molar-refractivity contribution >= 4 is 0 Å². The lowest BCUT2D eigenvalue weighted by Gasteiger charge is -2.10. The minimum Gasteiger partial charge on any atom is -0.484 e. The zero-order valence-electron chi connectivity index (χ0n) is 13.5. The Balaban J connectivity index is 2.15. The molecule has 0 atom stereocenters. The molecule has 0 N–H and O–H groups in total. The molecular formula is C19H20F4O. The summed E-state index contributed by atoms with van der Waals surface area (Å²) in [7, 11) is 0. The molecule has 24 heavy (non-hydrogen) atoms. The zero-order valence-corrected chi connectivity index (χ0v) is 13.5. The van der Waals surface area contributed by atoms with Gasteiger partial charge >= 0.3 is 0 Å². The molecule has 5 heteroatoms. The zero-order chi connectivity index (χ0) is 17.5. The fourth-order valence-electron chi connectivity index (χ4n) is 2.45. The smallest absolute Gasteiger partial charge is 0.272 e. The highest BCUT2D eigenvalue weighted by molar-refractivity contribution is 5.65. The monoisotopic (exact) mass is 340 g/mol. The molecular weight excluding hydrogens is 320 g/mol. The summed E-state index contributed by atoms with van der Waals surface area (Å²) in [5.74, 6) is -2.85. The van der Waals surface area contributed by atoms with E-state index in [4.69, 9.17) is 0 Å². The number of ether oxygens (including phenoxy) is 1. The van der Waals surface area contributed by atoms with Gasteiger partial charge in [-0.1, -0.05) is 44.0 Å². The van der Waals surface area contributed by atoms with Crippen molar-refractivity contribution in [1.82, 2.24) is 0 Å². The fraction of sp³-hybridized carbons (Fsp3) is 0.368. The van der Waals surface area contributed by atoms with Gasteiger partial charge in [-0.15, -0.1) is 0 Å².